The van der Waals surface area contributed by atoms with E-state index < -0.39 is 0 Å². The van der Waals surface area contributed by atoms with Crippen LogP contribution in [-0.2, 0) is 11.2 Å². The second-order valence-corrected chi connectivity index (χ2v) is 5.40. The Morgan fingerprint density at radius 2 is 2.00 bits per heavy atom. The van der Waals surface area contributed by atoms with Crippen LogP contribution in [-0.4, -0.2) is 30.9 Å². The highest BCUT2D eigenvalue weighted by Gasteiger charge is 2.08. The molecule has 1 N–H and O–H groups in total. The molecule has 0 aliphatic carbocycles. The van der Waals surface area contributed by atoms with Gasteiger partial charge < -0.3 is 10.2 Å². The van der Waals surface area contributed by atoms with Crippen molar-refractivity contribution in [1.29, 1.82) is 0 Å². The van der Waals surface area contributed by atoms with Crippen molar-refractivity contribution in [3.63, 3.8) is 0 Å². The van der Waals surface area contributed by atoms with Crippen molar-refractivity contribution in [2.45, 2.75) is 6.42 Å². The van der Waals surface area contributed by atoms with Crippen LogP contribution in [0.2, 0.25) is 0 Å². The van der Waals surface area contributed by atoms with Crippen LogP contribution >= 0.6 is 11.3 Å². The number of nitrogens with one attached hydrogen (secondary N) is 1. The van der Waals surface area contributed by atoms with Gasteiger partial charge in [0.05, 0.1) is 6.54 Å². The van der Waals surface area contributed by atoms with E-state index in [4.69, 9.17) is 0 Å². The van der Waals surface area contributed by atoms with Gasteiger partial charge >= 0.3 is 0 Å². The standard InChI is InChI=1S/C15H18N2OS/c1-17(10-9-14-8-5-11-19-14)15(18)12-16-13-6-3-2-4-7-13/h2-8,11,16H,9-10,12H2,1H3. The molecule has 0 radical (unpaired) electrons. The van der Waals surface area contributed by atoms with Crippen molar-refractivity contribution in [3.8, 4) is 0 Å². The number of para-hydroxylation sites is 1. The van der Waals surface area contributed by atoms with E-state index in [-0.39, 0.29) is 5.91 Å². The Bertz CT molecular complexity index is 496. The number of rotatable bonds is 6. The third-order valence-electron chi connectivity index (χ3n) is 2.92. The second kappa shape index (κ2) is 6.95. The topological polar surface area (TPSA) is 32.3 Å². The lowest BCUT2D eigenvalue weighted by Gasteiger charge is -2.17. The van der Waals surface area contributed by atoms with E-state index in [0.29, 0.717) is 6.54 Å². The summed E-state index contributed by atoms with van der Waals surface area (Å²) in [5.74, 6) is 0.111. The van der Waals surface area contributed by atoms with Gasteiger partial charge in [0, 0.05) is 24.2 Å². The van der Waals surface area contributed by atoms with E-state index in [0.717, 1.165) is 18.7 Å². The summed E-state index contributed by atoms with van der Waals surface area (Å²) in [6, 6.07) is 13.9. The molecule has 1 heterocycles. The van der Waals surface area contributed by atoms with E-state index in [1.807, 2.05) is 43.4 Å². The number of hydrogen-bond acceptors (Lipinski definition) is 3. The van der Waals surface area contributed by atoms with Crippen LogP contribution < -0.4 is 5.32 Å². The maximum atomic E-state index is 11.9. The molecule has 0 unspecified atom stereocenters. The first-order valence-electron chi connectivity index (χ1n) is 6.31. The van der Waals surface area contributed by atoms with Crippen LogP contribution in [0.5, 0.6) is 0 Å². The van der Waals surface area contributed by atoms with Crippen LogP contribution in [0, 0.1) is 0 Å². The maximum Gasteiger partial charge on any atom is 0.241 e. The normalized spacial score (nSPS) is 10.2. The number of benzene rings is 1. The summed E-state index contributed by atoms with van der Waals surface area (Å²) in [6.45, 7) is 1.10. The van der Waals surface area contributed by atoms with Gasteiger partial charge in [-0.15, -0.1) is 11.3 Å². The lowest BCUT2D eigenvalue weighted by atomic mass is 10.3. The summed E-state index contributed by atoms with van der Waals surface area (Å²) in [7, 11) is 1.85. The first kappa shape index (κ1) is 13.6. The zero-order valence-electron chi connectivity index (χ0n) is 11.0. The van der Waals surface area contributed by atoms with Crippen LogP contribution in [0.1, 0.15) is 4.88 Å². The lowest BCUT2D eigenvalue weighted by Crippen LogP contribution is -2.33. The fourth-order valence-electron chi connectivity index (χ4n) is 1.73. The zero-order chi connectivity index (χ0) is 13.5. The Morgan fingerprint density at radius 1 is 1.21 bits per heavy atom. The number of thiophene rings is 1. The smallest absolute Gasteiger partial charge is 0.241 e. The van der Waals surface area contributed by atoms with E-state index in [1.165, 1.54) is 4.88 Å². The molecule has 0 saturated heterocycles. The van der Waals surface area contributed by atoms with Crippen molar-refractivity contribution in [3.05, 3.63) is 52.7 Å². The van der Waals surface area contributed by atoms with Gasteiger partial charge in [0.25, 0.3) is 0 Å². The number of carbonyl (C=O) groups is 1. The fourth-order valence-corrected chi connectivity index (χ4v) is 2.42. The summed E-state index contributed by atoms with van der Waals surface area (Å²) < 4.78 is 0. The molecule has 3 nitrogen and oxygen atoms in total. The molecule has 0 atom stereocenters. The van der Waals surface area contributed by atoms with E-state index in [2.05, 4.69) is 16.8 Å². The highest BCUT2D eigenvalue weighted by molar-refractivity contribution is 7.09. The van der Waals surface area contributed by atoms with E-state index >= 15 is 0 Å². The zero-order valence-corrected chi connectivity index (χ0v) is 11.8. The molecule has 4 heteroatoms. The monoisotopic (exact) mass is 274 g/mol. The van der Waals surface area contributed by atoms with Crippen molar-refractivity contribution >= 4 is 22.9 Å². The van der Waals surface area contributed by atoms with Crippen LogP contribution in [0.15, 0.2) is 47.8 Å². The number of nitrogens with zero attached hydrogens (tertiary/aromatic N) is 1. The lowest BCUT2D eigenvalue weighted by molar-refractivity contribution is -0.127. The molecule has 19 heavy (non-hydrogen) atoms. The molecule has 0 bridgehead atoms. The van der Waals surface area contributed by atoms with Crippen LogP contribution in [0.25, 0.3) is 0 Å². The van der Waals surface area contributed by atoms with Crippen molar-refractivity contribution in [2.24, 2.45) is 0 Å². The first-order valence-corrected chi connectivity index (χ1v) is 7.19. The number of amides is 1. The molecule has 0 fully saturated rings. The van der Waals surface area contributed by atoms with Crippen molar-refractivity contribution < 1.29 is 4.79 Å². The van der Waals surface area contributed by atoms with Crippen molar-refractivity contribution in [2.75, 3.05) is 25.5 Å². The molecule has 100 valence electrons. The first-order chi connectivity index (χ1) is 9.25. The number of hydrogen-bond donors (Lipinski definition) is 1. The van der Waals surface area contributed by atoms with Gasteiger partial charge in [-0.25, -0.2) is 0 Å². The summed E-state index contributed by atoms with van der Waals surface area (Å²) in [5, 5.41) is 5.19. The van der Waals surface area contributed by atoms with Gasteiger partial charge in [-0.2, -0.15) is 0 Å². The van der Waals surface area contributed by atoms with Crippen LogP contribution in [0.3, 0.4) is 0 Å². The Labute approximate surface area is 117 Å². The average molecular weight is 274 g/mol. The molecular formula is C15H18N2OS. The fraction of sp³-hybridized carbons (Fsp3) is 0.267. The highest BCUT2D eigenvalue weighted by atomic mass is 32.1. The molecule has 2 aromatic rings. The maximum absolute atomic E-state index is 11.9. The summed E-state index contributed by atoms with van der Waals surface area (Å²) in [4.78, 5) is 15.0. The van der Waals surface area contributed by atoms with Gasteiger partial charge in [-0.3, -0.25) is 4.79 Å². The third kappa shape index (κ3) is 4.41. The predicted molar refractivity (Wildman–Crippen MR) is 80.6 cm³/mol. The van der Waals surface area contributed by atoms with Crippen molar-refractivity contribution in [1.82, 2.24) is 4.90 Å². The Morgan fingerprint density at radius 3 is 2.68 bits per heavy atom. The minimum Gasteiger partial charge on any atom is -0.376 e. The SMILES string of the molecule is CN(CCc1cccs1)C(=O)CNc1ccccc1. The molecule has 1 amide bonds. The molecule has 0 spiro atoms. The van der Waals surface area contributed by atoms with Gasteiger partial charge in [-0.05, 0) is 30.0 Å². The molecule has 0 saturated carbocycles. The minimum absolute atomic E-state index is 0.111. The Balaban J connectivity index is 1.73. The van der Waals surface area contributed by atoms with Gasteiger partial charge in [-0.1, -0.05) is 24.3 Å². The quantitative estimate of drug-likeness (QED) is 0.878. The number of carbonyl (C=O) groups excluding carboxylic acids is 1. The predicted octanol–water partition coefficient (Wildman–Crippen LogP) is 2.86. The summed E-state index contributed by atoms with van der Waals surface area (Å²) in [6.07, 6.45) is 0.922. The third-order valence-corrected chi connectivity index (χ3v) is 3.85. The minimum atomic E-state index is 0.111. The molecular weight excluding hydrogens is 256 g/mol. The van der Waals surface area contributed by atoms with Crippen LogP contribution in [0.4, 0.5) is 5.69 Å². The highest BCUT2D eigenvalue weighted by Crippen LogP contribution is 2.09. The van der Waals surface area contributed by atoms with E-state index in [9.17, 15) is 4.79 Å². The van der Waals surface area contributed by atoms with E-state index in [1.54, 1.807) is 16.2 Å². The van der Waals surface area contributed by atoms with Gasteiger partial charge in [0.1, 0.15) is 0 Å². The number of likely N-dealkylation sites (N-methyl/N-ethyl adjacent to an activating group) is 1. The molecule has 0 aliphatic heterocycles. The van der Waals surface area contributed by atoms with Gasteiger partial charge in [0.2, 0.25) is 5.91 Å². The largest absolute Gasteiger partial charge is 0.376 e. The average Bonchev–Trinajstić information content (AvgIpc) is 2.96. The summed E-state index contributed by atoms with van der Waals surface area (Å²) in [5.41, 5.74) is 0.975. The summed E-state index contributed by atoms with van der Waals surface area (Å²) >= 11 is 1.73. The number of anilines is 1. The Hall–Kier alpha value is -1.81. The molecule has 2 rings (SSSR count). The Kier molecular flexibility index (Phi) is 4.98. The molecule has 1 aromatic carbocycles. The molecule has 0 aliphatic rings. The van der Waals surface area contributed by atoms with Gasteiger partial charge in [0.15, 0.2) is 0 Å². The molecule has 1 aromatic heterocycles. The second-order valence-electron chi connectivity index (χ2n) is 4.36.